The van der Waals surface area contributed by atoms with Gasteiger partial charge in [-0.1, -0.05) is 11.6 Å². The Hall–Kier alpha value is -1.13. The zero-order valence-corrected chi connectivity index (χ0v) is 8.91. The molecule has 1 fully saturated rings. The van der Waals surface area contributed by atoms with Gasteiger partial charge in [0.15, 0.2) is 0 Å². The topological polar surface area (TPSA) is 41.9 Å². The summed E-state index contributed by atoms with van der Waals surface area (Å²) in [5, 5.41) is 3.23. The SMILES string of the molecule is O=Nc1ccc(N2CCOCC2)cc1Cl. The van der Waals surface area contributed by atoms with E-state index in [0.717, 1.165) is 32.0 Å². The molecule has 0 N–H and O–H groups in total. The Morgan fingerprint density at radius 2 is 2.07 bits per heavy atom. The molecule has 80 valence electrons. The van der Waals surface area contributed by atoms with Crippen molar-refractivity contribution >= 4 is 23.0 Å². The second-order valence-corrected chi connectivity index (χ2v) is 3.73. The van der Waals surface area contributed by atoms with Gasteiger partial charge in [-0.25, -0.2) is 0 Å². The number of benzene rings is 1. The van der Waals surface area contributed by atoms with Gasteiger partial charge in [0.2, 0.25) is 0 Å². The number of halogens is 1. The molecule has 4 nitrogen and oxygen atoms in total. The van der Waals surface area contributed by atoms with Crippen LogP contribution in [0.3, 0.4) is 0 Å². The Balaban J connectivity index is 2.21. The fourth-order valence-electron chi connectivity index (χ4n) is 1.59. The van der Waals surface area contributed by atoms with Crippen LogP contribution in [-0.2, 0) is 4.74 Å². The third-order valence-corrected chi connectivity index (χ3v) is 2.71. The Labute approximate surface area is 92.8 Å². The average molecular weight is 227 g/mol. The Kier molecular flexibility index (Phi) is 3.18. The third kappa shape index (κ3) is 2.27. The van der Waals surface area contributed by atoms with Crippen molar-refractivity contribution in [3.05, 3.63) is 28.1 Å². The molecule has 0 radical (unpaired) electrons. The highest BCUT2D eigenvalue weighted by molar-refractivity contribution is 6.33. The molecule has 1 aliphatic heterocycles. The molecule has 0 aromatic heterocycles. The summed E-state index contributed by atoms with van der Waals surface area (Å²) in [6.07, 6.45) is 0. The van der Waals surface area contributed by atoms with Gasteiger partial charge in [0.1, 0.15) is 5.69 Å². The van der Waals surface area contributed by atoms with Crippen LogP contribution in [0.25, 0.3) is 0 Å². The summed E-state index contributed by atoms with van der Waals surface area (Å²) in [4.78, 5) is 12.5. The third-order valence-electron chi connectivity index (χ3n) is 2.41. The summed E-state index contributed by atoms with van der Waals surface area (Å²) in [6.45, 7) is 3.16. The zero-order valence-electron chi connectivity index (χ0n) is 8.15. The molecule has 0 aliphatic carbocycles. The van der Waals surface area contributed by atoms with E-state index in [9.17, 15) is 4.91 Å². The van der Waals surface area contributed by atoms with E-state index in [-0.39, 0.29) is 5.69 Å². The van der Waals surface area contributed by atoms with Crippen molar-refractivity contribution < 1.29 is 4.74 Å². The molecule has 1 aliphatic rings. The van der Waals surface area contributed by atoms with E-state index < -0.39 is 0 Å². The summed E-state index contributed by atoms with van der Waals surface area (Å²) in [5.74, 6) is 0. The minimum atomic E-state index is 0.286. The molecule has 1 aromatic rings. The van der Waals surface area contributed by atoms with Gasteiger partial charge < -0.3 is 9.64 Å². The summed E-state index contributed by atoms with van der Waals surface area (Å²) >= 11 is 5.90. The molecule has 1 heterocycles. The number of ether oxygens (including phenoxy) is 1. The fourth-order valence-corrected chi connectivity index (χ4v) is 1.80. The maximum absolute atomic E-state index is 10.3. The van der Waals surface area contributed by atoms with Gasteiger partial charge in [-0.3, -0.25) is 0 Å². The molecule has 0 bridgehead atoms. The summed E-state index contributed by atoms with van der Waals surface area (Å²) in [6, 6.07) is 5.26. The van der Waals surface area contributed by atoms with E-state index in [0.29, 0.717) is 5.02 Å². The number of morpholine rings is 1. The number of hydrogen-bond donors (Lipinski definition) is 0. The Morgan fingerprint density at radius 1 is 1.33 bits per heavy atom. The minimum Gasteiger partial charge on any atom is -0.378 e. The molecule has 1 saturated heterocycles. The molecule has 1 aromatic carbocycles. The average Bonchev–Trinajstić information content (AvgIpc) is 2.30. The van der Waals surface area contributed by atoms with Crippen molar-refractivity contribution in [1.29, 1.82) is 0 Å². The lowest BCUT2D eigenvalue weighted by Gasteiger charge is -2.28. The quantitative estimate of drug-likeness (QED) is 0.728. The van der Waals surface area contributed by atoms with Crippen LogP contribution in [0.5, 0.6) is 0 Å². The van der Waals surface area contributed by atoms with E-state index in [1.54, 1.807) is 12.1 Å². The molecule has 0 saturated carbocycles. The van der Waals surface area contributed by atoms with E-state index in [2.05, 4.69) is 10.1 Å². The normalized spacial score (nSPS) is 16.5. The number of hydrogen-bond acceptors (Lipinski definition) is 4. The molecular weight excluding hydrogens is 216 g/mol. The lowest BCUT2D eigenvalue weighted by molar-refractivity contribution is 0.122. The van der Waals surface area contributed by atoms with Crippen molar-refractivity contribution in [2.45, 2.75) is 0 Å². The van der Waals surface area contributed by atoms with Crippen LogP contribution in [0.2, 0.25) is 5.02 Å². The van der Waals surface area contributed by atoms with Crippen LogP contribution in [0, 0.1) is 4.91 Å². The van der Waals surface area contributed by atoms with Crippen molar-refractivity contribution in [1.82, 2.24) is 0 Å². The zero-order chi connectivity index (χ0) is 10.7. The van der Waals surface area contributed by atoms with Gasteiger partial charge >= 0.3 is 0 Å². The van der Waals surface area contributed by atoms with Gasteiger partial charge in [0.25, 0.3) is 0 Å². The van der Waals surface area contributed by atoms with Gasteiger partial charge in [0.05, 0.1) is 18.2 Å². The lowest BCUT2D eigenvalue weighted by Crippen LogP contribution is -2.36. The maximum atomic E-state index is 10.3. The predicted octanol–water partition coefficient (Wildman–Crippen LogP) is 2.57. The van der Waals surface area contributed by atoms with Crippen LogP contribution in [-0.4, -0.2) is 26.3 Å². The van der Waals surface area contributed by atoms with Gasteiger partial charge in [-0.05, 0) is 23.4 Å². The second-order valence-electron chi connectivity index (χ2n) is 3.33. The summed E-state index contributed by atoms with van der Waals surface area (Å²) < 4.78 is 5.25. The molecule has 0 unspecified atom stereocenters. The second kappa shape index (κ2) is 4.59. The molecule has 0 spiro atoms. The van der Waals surface area contributed by atoms with Crippen molar-refractivity contribution in [2.75, 3.05) is 31.2 Å². The first-order chi connectivity index (χ1) is 7.31. The first kappa shape index (κ1) is 10.4. The Morgan fingerprint density at radius 3 is 2.67 bits per heavy atom. The highest BCUT2D eigenvalue weighted by atomic mass is 35.5. The smallest absolute Gasteiger partial charge is 0.126 e. The highest BCUT2D eigenvalue weighted by Gasteiger charge is 2.12. The monoisotopic (exact) mass is 226 g/mol. The first-order valence-electron chi connectivity index (χ1n) is 4.77. The molecule has 5 heteroatoms. The van der Waals surface area contributed by atoms with E-state index in [1.165, 1.54) is 0 Å². The highest BCUT2D eigenvalue weighted by Crippen LogP contribution is 2.29. The number of rotatable bonds is 2. The predicted molar refractivity (Wildman–Crippen MR) is 59.9 cm³/mol. The largest absolute Gasteiger partial charge is 0.378 e. The van der Waals surface area contributed by atoms with E-state index in [4.69, 9.17) is 16.3 Å². The lowest BCUT2D eigenvalue weighted by atomic mass is 10.2. The van der Waals surface area contributed by atoms with Crippen LogP contribution in [0.15, 0.2) is 23.4 Å². The van der Waals surface area contributed by atoms with Crippen molar-refractivity contribution in [3.8, 4) is 0 Å². The van der Waals surface area contributed by atoms with E-state index >= 15 is 0 Å². The Bertz CT molecular complexity index is 364. The van der Waals surface area contributed by atoms with Gasteiger partial charge in [-0.15, -0.1) is 4.91 Å². The molecule has 0 atom stereocenters. The van der Waals surface area contributed by atoms with E-state index in [1.807, 2.05) is 6.07 Å². The summed E-state index contributed by atoms with van der Waals surface area (Å²) in [7, 11) is 0. The fraction of sp³-hybridized carbons (Fsp3) is 0.400. The van der Waals surface area contributed by atoms with Gasteiger partial charge in [-0.2, -0.15) is 0 Å². The number of anilines is 1. The molecule has 15 heavy (non-hydrogen) atoms. The van der Waals surface area contributed by atoms with Gasteiger partial charge in [0, 0.05) is 18.8 Å². The first-order valence-corrected chi connectivity index (χ1v) is 5.14. The maximum Gasteiger partial charge on any atom is 0.126 e. The summed E-state index contributed by atoms with van der Waals surface area (Å²) in [5.41, 5.74) is 1.30. The molecule has 2 rings (SSSR count). The number of nitrogens with zero attached hydrogens (tertiary/aromatic N) is 2. The molecular formula is C10H11ClN2O2. The van der Waals surface area contributed by atoms with Crippen LogP contribution < -0.4 is 4.90 Å². The van der Waals surface area contributed by atoms with Crippen molar-refractivity contribution in [3.63, 3.8) is 0 Å². The van der Waals surface area contributed by atoms with Crippen LogP contribution in [0.4, 0.5) is 11.4 Å². The standard InChI is InChI=1S/C10H11ClN2O2/c11-9-7-8(1-2-10(9)12-14)13-3-5-15-6-4-13/h1-2,7H,3-6H2. The van der Waals surface area contributed by atoms with Crippen LogP contribution in [0.1, 0.15) is 0 Å². The van der Waals surface area contributed by atoms with Crippen LogP contribution >= 0.6 is 11.6 Å². The number of nitroso groups, excluding NO2 is 1. The minimum absolute atomic E-state index is 0.286. The van der Waals surface area contributed by atoms with Crippen molar-refractivity contribution in [2.24, 2.45) is 5.18 Å². The molecule has 0 amide bonds.